The van der Waals surface area contributed by atoms with Gasteiger partial charge in [-0.15, -0.1) is 11.3 Å². The Labute approximate surface area is 203 Å². The first kappa shape index (κ1) is 23.7. The molecule has 0 aliphatic carbocycles. The van der Waals surface area contributed by atoms with Crippen LogP contribution in [0.15, 0.2) is 40.9 Å². The van der Waals surface area contributed by atoms with Crippen LogP contribution < -0.4 is 21.1 Å². The summed E-state index contributed by atoms with van der Waals surface area (Å²) in [4.78, 5) is 42.8. The molecular weight excluding hydrogens is 474 g/mol. The molecule has 0 spiro atoms. The van der Waals surface area contributed by atoms with Gasteiger partial charge in [0.15, 0.2) is 12.4 Å². The summed E-state index contributed by atoms with van der Waals surface area (Å²) in [5.41, 5.74) is 7.64. The molecule has 11 nitrogen and oxygen atoms in total. The van der Waals surface area contributed by atoms with Gasteiger partial charge in [0.05, 0.1) is 24.0 Å². The van der Waals surface area contributed by atoms with E-state index < -0.39 is 24.4 Å². The average molecular weight is 496 g/mol. The number of aromatic nitrogens is 2. The van der Waals surface area contributed by atoms with E-state index in [9.17, 15) is 14.4 Å². The number of amides is 2. The zero-order valence-electron chi connectivity index (χ0n) is 19.0. The quantitative estimate of drug-likeness (QED) is 0.326. The Balaban J connectivity index is 1.47. The largest absolute Gasteiger partial charge is 0.495 e. The highest BCUT2D eigenvalue weighted by molar-refractivity contribution is 7.21. The molecule has 0 saturated heterocycles. The number of hydrogen-bond donors (Lipinski definition) is 3. The number of nitrogens with one attached hydrogen (secondary N) is 2. The first-order valence-corrected chi connectivity index (χ1v) is 11.1. The summed E-state index contributed by atoms with van der Waals surface area (Å²) in [6.45, 7) is 2.99. The fourth-order valence-electron chi connectivity index (χ4n) is 3.19. The van der Waals surface area contributed by atoms with Gasteiger partial charge in [0.25, 0.3) is 11.8 Å². The molecule has 1 aromatic carbocycles. The van der Waals surface area contributed by atoms with Gasteiger partial charge in [-0.1, -0.05) is 5.16 Å². The van der Waals surface area contributed by atoms with Gasteiger partial charge in [-0.2, -0.15) is 0 Å². The molecular formula is C23H21N5O6S. The number of rotatable bonds is 7. The van der Waals surface area contributed by atoms with E-state index in [4.69, 9.17) is 19.7 Å². The average Bonchev–Trinajstić information content (AvgIpc) is 3.39. The van der Waals surface area contributed by atoms with Gasteiger partial charge in [0.1, 0.15) is 21.2 Å². The zero-order chi connectivity index (χ0) is 25.1. The van der Waals surface area contributed by atoms with Crippen LogP contribution in [-0.2, 0) is 9.53 Å². The summed E-state index contributed by atoms with van der Waals surface area (Å²) in [6.07, 6.45) is 0. The topological polar surface area (TPSA) is 159 Å². The summed E-state index contributed by atoms with van der Waals surface area (Å²) in [6, 6.07) is 9.51. The normalized spacial score (nSPS) is 10.7. The van der Waals surface area contributed by atoms with Crippen LogP contribution in [0.5, 0.6) is 5.75 Å². The highest BCUT2D eigenvalue weighted by Crippen LogP contribution is 2.34. The molecule has 180 valence electrons. The standard InChI is InChI=1S/C23H21N5O6S/c1-11-4-6-14-19(24)20(35-22(14)25-11)21(30)26-15-9-13(5-7-16(15)32-3)23(31)33-10-18(29)27-17-8-12(2)34-28-17/h4-9H,10,24H2,1-3H3,(H,26,30)(H,27,28,29). The maximum Gasteiger partial charge on any atom is 0.338 e. The van der Waals surface area contributed by atoms with Crippen LogP contribution in [0, 0.1) is 13.8 Å². The number of anilines is 3. The first-order chi connectivity index (χ1) is 16.7. The summed E-state index contributed by atoms with van der Waals surface area (Å²) >= 11 is 1.17. The van der Waals surface area contributed by atoms with E-state index in [2.05, 4.69) is 20.8 Å². The minimum absolute atomic E-state index is 0.104. The molecule has 0 unspecified atom stereocenters. The number of thiophene rings is 1. The maximum atomic E-state index is 13.0. The molecule has 12 heteroatoms. The van der Waals surface area contributed by atoms with Gasteiger partial charge >= 0.3 is 5.97 Å². The van der Waals surface area contributed by atoms with Gasteiger partial charge in [0.2, 0.25) is 0 Å². The number of carbonyl (C=O) groups excluding carboxylic acids is 3. The molecule has 0 aliphatic heterocycles. The third-order valence-corrected chi connectivity index (χ3v) is 5.97. The van der Waals surface area contributed by atoms with E-state index in [1.807, 2.05) is 19.1 Å². The van der Waals surface area contributed by atoms with Crippen LogP contribution in [0.25, 0.3) is 10.2 Å². The number of nitrogen functional groups attached to an aromatic ring is 1. The predicted octanol–water partition coefficient (Wildman–Crippen LogP) is 3.54. The number of pyridine rings is 1. The van der Waals surface area contributed by atoms with Gasteiger partial charge in [-0.3, -0.25) is 9.59 Å². The Kier molecular flexibility index (Phi) is 6.64. The number of methoxy groups -OCH3 is 1. The molecule has 3 aromatic heterocycles. The first-order valence-electron chi connectivity index (χ1n) is 10.3. The second kappa shape index (κ2) is 9.81. The Bertz CT molecular complexity index is 1440. The molecule has 3 heterocycles. The highest BCUT2D eigenvalue weighted by atomic mass is 32.1. The smallest absolute Gasteiger partial charge is 0.338 e. The molecule has 0 bridgehead atoms. The van der Waals surface area contributed by atoms with Crippen molar-refractivity contribution in [1.82, 2.24) is 10.1 Å². The van der Waals surface area contributed by atoms with Crippen molar-refractivity contribution in [1.29, 1.82) is 0 Å². The van der Waals surface area contributed by atoms with E-state index in [-0.39, 0.29) is 21.9 Å². The van der Waals surface area contributed by atoms with Crippen molar-refractivity contribution < 1.29 is 28.4 Å². The molecule has 0 radical (unpaired) electrons. The lowest BCUT2D eigenvalue weighted by Gasteiger charge is -2.12. The number of ether oxygens (including phenoxy) is 2. The summed E-state index contributed by atoms with van der Waals surface area (Å²) in [5.74, 6) is -0.775. The van der Waals surface area contributed by atoms with E-state index in [0.29, 0.717) is 27.4 Å². The van der Waals surface area contributed by atoms with Gasteiger partial charge in [-0.25, -0.2) is 9.78 Å². The Morgan fingerprint density at radius 2 is 1.91 bits per heavy atom. The number of nitrogens with two attached hydrogens (primary N) is 1. The molecule has 0 aliphatic rings. The minimum Gasteiger partial charge on any atom is -0.495 e. The van der Waals surface area contributed by atoms with Crippen LogP contribution in [0.1, 0.15) is 31.5 Å². The molecule has 2 amide bonds. The third kappa shape index (κ3) is 5.22. The van der Waals surface area contributed by atoms with E-state index >= 15 is 0 Å². The van der Waals surface area contributed by atoms with E-state index in [1.54, 1.807) is 6.92 Å². The van der Waals surface area contributed by atoms with Crippen molar-refractivity contribution in [2.24, 2.45) is 0 Å². The third-order valence-electron chi connectivity index (χ3n) is 4.85. The predicted molar refractivity (Wildman–Crippen MR) is 130 cm³/mol. The lowest BCUT2D eigenvalue weighted by molar-refractivity contribution is -0.119. The Hall–Kier alpha value is -4.45. The van der Waals surface area contributed by atoms with Crippen LogP contribution in [0.2, 0.25) is 0 Å². The maximum absolute atomic E-state index is 13.0. The van der Waals surface area contributed by atoms with Crippen LogP contribution in [-0.4, -0.2) is 41.6 Å². The van der Waals surface area contributed by atoms with Crippen LogP contribution >= 0.6 is 11.3 Å². The molecule has 4 N–H and O–H groups in total. The Morgan fingerprint density at radius 1 is 1.11 bits per heavy atom. The summed E-state index contributed by atoms with van der Waals surface area (Å²) < 4.78 is 15.2. The number of fused-ring (bicyclic) bond motifs is 1. The fraction of sp³-hybridized carbons (Fsp3) is 0.174. The number of aryl methyl sites for hydroxylation is 2. The number of carbonyl (C=O) groups is 3. The van der Waals surface area contributed by atoms with Crippen molar-refractivity contribution in [2.45, 2.75) is 13.8 Å². The second-order valence-corrected chi connectivity index (χ2v) is 8.47. The number of benzene rings is 1. The summed E-state index contributed by atoms with van der Waals surface area (Å²) in [7, 11) is 1.43. The fourth-order valence-corrected chi connectivity index (χ4v) is 4.22. The van der Waals surface area contributed by atoms with Crippen LogP contribution in [0.4, 0.5) is 17.2 Å². The van der Waals surface area contributed by atoms with Crippen molar-refractivity contribution in [3.63, 3.8) is 0 Å². The van der Waals surface area contributed by atoms with Gasteiger partial charge in [-0.05, 0) is 44.2 Å². The van der Waals surface area contributed by atoms with Crippen molar-refractivity contribution >= 4 is 56.5 Å². The molecule has 0 saturated carbocycles. The van der Waals surface area contributed by atoms with Gasteiger partial charge in [0, 0.05) is 17.1 Å². The number of esters is 1. The molecule has 4 aromatic rings. The van der Waals surface area contributed by atoms with Crippen molar-refractivity contribution in [2.75, 3.05) is 30.1 Å². The monoisotopic (exact) mass is 495 g/mol. The Morgan fingerprint density at radius 3 is 2.63 bits per heavy atom. The molecule has 0 fully saturated rings. The van der Waals surface area contributed by atoms with Crippen LogP contribution in [0.3, 0.4) is 0 Å². The molecule has 4 rings (SSSR count). The molecule has 35 heavy (non-hydrogen) atoms. The van der Waals surface area contributed by atoms with Crippen molar-refractivity contribution in [3.05, 3.63) is 58.3 Å². The lowest BCUT2D eigenvalue weighted by atomic mass is 10.1. The molecule has 0 atom stereocenters. The minimum atomic E-state index is -0.768. The lowest BCUT2D eigenvalue weighted by Crippen LogP contribution is -2.21. The number of hydrogen-bond acceptors (Lipinski definition) is 10. The second-order valence-electron chi connectivity index (χ2n) is 7.47. The van der Waals surface area contributed by atoms with Crippen molar-refractivity contribution in [3.8, 4) is 5.75 Å². The number of nitrogens with zero attached hydrogens (tertiary/aromatic N) is 2. The van der Waals surface area contributed by atoms with E-state index in [1.165, 1.54) is 42.7 Å². The SMILES string of the molecule is COc1ccc(C(=O)OCC(=O)Nc2cc(C)on2)cc1NC(=O)c1sc2nc(C)ccc2c1N. The van der Waals surface area contributed by atoms with E-state index in [0.717, 1.165) is 5.69 Å². The summed E-state index contributed by atoms with van der Waals surface area (Å²) in [5, 5.41) is 9.50. The highest BCUT2D eigenvalue weighted by Gasteiger charge is 2.20. The zero-order valence-corrected chi connectivity index (χ0v) is 19.8. The van der Waals surface area contributed by atoms with Gasteiger partial charge < -0.3 is 30.4 Å².